The smallest absolute Gasteiger partial charge is 0.340 e. The van der Waals surface area contributed by atoms with Crippen molar-refractivity contribution in [2.45, 2.75) is 26.2 Å². The van der Waals surface area contributed by atoms with Crippen molar-refractivity contribution in [3.05, 3.63) is 44.5 Å². The molecule has 1 aliphatic carbocycles. The minimum Gasteiger partial charge on any atom is -0.452 e. The summed E-state index contributed by atoms with van der Waals surface area (Å²) < 4.78 is 5.67. The van der Waals surface area contributed by atoms with Gasteiger partial charge in [-0.25, -0.2) is 4.79 Å². The molecule has 1 aliphatic rings. The van der Waals surface area contributed by atoms with Gasteiger partial charge in [-0.15, -0.1) is 11.3 Å². The number of thiophene rings is 1. The van der Waals surface area contributed by atoms with Gasteiger partial charge in [0.05, 0.1) is 11.1 Å². The molecule has 2 aromatic rings. The number of pyridine rings is 1. The Morgan fingerprint density at radius 3 is 3.04 bits per heavy atom. The summed E-state index contributed by atoms with van der Waals surface area (Å²) in [6.45, 7) is 1.76. The van der Waals surface area contributed by atoms with Crippen LogP contribution in [0.5, 0.6) is 0 Å². The number of ether oxygens (including phenoxy) is 1. The van der Waals surface area contributed by atoms with Crippen molar-refractivity contribution < 1.29 is 14.3 Å². The summed E-state index contributed by atoms with van der Waals surface area (Å²) in [6.07, 6.45) is 5.75. The monoisotopic (exact) mass is 433 g/mol. The van der Waals surface area contributed by atoms with E-state index in [0.29, 0.717) is 21.0 Å². The average molecular weight is 434 g/mol. The zero-order valence-corrected chi connectivity index (χ0v) is 16.4. The van der Waals surface area contributed by atoms with E-state index in [9.17, 15) is 14.9 Å². The van der Waals surface area contributed by atoms with Crippen LogP contribution in [0, 0.1) is 17.2 Å². The lowest BCUT2D eigenvalue weighted by molar-refractivity contribution is -0.119. The zero-order valence-electron chi connectivity index (χ0n) is 14.0. The molecular weight excluding hydrogens is 418 g/mol. The number of hydrogen-bond donors (Lipinski definition) is 1. The maximum absolute atomic E-state index is 12.1. The molecule has 0 saturated heterocycles. The molecule has 8 heteroatoms. The van der Waals surface area contributed by atoms with Gasteiger partial charge in [-0.1, -0.05) is 6.92 Å². The minimum atomic E-state index is -0.631. The summed E-state index contributed by atoms with van der Waals surface area (Å²) >= 11 is 4.66. The third-order valence-electron chi connectivity index (χ3n) is 4.15. The lowest BCUT2D eigenvalue weighted by Crippen LogP contribution is -2.21. The Hall–Kier alpha value is -2.24. The zero-order chi connectivity index (χ0) is 18.7. The highest BCUT2D eigenvalue weighted by molar-refractivity contribution is 9.10. The fourth-order valence-corrected chi connectivity index (χ4v) is 4.60. The van der Waals surface area contributed by atoms with E-state index in [2.05, 4.69) is 39.2 Å². The van der Waals surface area contributed by atoms with Gasteiger partial charge < -0.3 is 10.1 Å². The Morgan fingerprint density at radius 2 is 2.31 bits per heavy atom. The lowest BCUT2D eigenvalue weighted by atomic mass is 9.89. The van der Waals surface area contributed by atoms with Gasteiger partial charge in [0.15, 0.2) is 6.61 Å². The highest BCUT2D eigenvalue weighted by atomic mass is 79.9. The van der Waals surface area contributed by atoms with Crippen LogP contribution in [-0.2, 0) is 22.4 Å². The Labute approximate surface area is 163 Å². The first kappa shape index (κ1) is 18.5. The number of nitrogens with zero attached hydrogens (tertiary/aromatic N) is 2. The van der Waals surface area contributed by atoms with Crippen LogP contribution in [0.3, 0.4) is 0 Å². The van der Waals surface area contributed by atoms with Crippen LogP contribution in [0.1, 0.15) is 39.7 Å². The molecule has 0 radical (unpaired) electrons. The van der Waals surface area contributed by atoms with Crippen molar-refractivity contribution in [1.29, 1.82) is 5.26 Å². The number of nitrogens with one attached hydrogen (secondary N) is 1. The number of nitriles is 1. The molecule has 2 heterocycles. The summed E-state index contributed by atoms with van der Waals surface area (Å²) in [5.41, 5.74) is 1.83. The Morgan fingerprint density at radius 1 is 1.50 bits per heavy atom. The van der Waals surface area contributed by atoms with Crippen LogP contribution in [-0.4, -0.2) is 23.5 Å². The first-order valence-electron chi connectivity index (χ1n) is 8.10. The molecule has 1 amide bonds. The molecule has 1 unspecified atom stereocenters. The normalized spacial score (nSPS) is 15.7. The molecule has 134 valence electrons. The second-order valence-electron chi connectivity index (χ2n) is 6.18. The maximum Gasteiger partial charge on any atom is 0.340 e. The number of esters is 1. The van der Waals surface area contributed by atoms with E-state index in [1.807, 2.05) is 0 Å². The number of anilines is 1. The fourth-order valence-electron chi connectivity index (χ4n) is 2.86. The molecule has 3 rings (SSSR count). The third kappa shape index (κ3) is 4.11. The summed E-state index contributed by atoms with van der Waals surface area (Å²) in [5, 5.41) is 12.7. The van der Waals surface area contributed by atoms with Gasteiger partial charge in [0.25, 0.3) is 5.91 Å². The predicted octanol–water partition coefficient (Wildman–Crippen LogP) is 3.70. The van der Waals surface area contributed by atoms with Gasteiger partial charge in [0.1, 0.15) is 11.1 Å². The number of fused-ring (bicyclic) bond motifs is 1. The van der Waals surface area contributed by atoms with E-state index in [4.69, 9.17) is 4.74 Å². The predicted molar refractivity (Wildman–Crippen MR) is 101 cm³/mol. The van der Waals surface area contributed by atoms with Crippen LogP contribution >= 0.6 is 27.3 Å². The number of rotatable bonds is 4. The standard InChI is InChI=1S/C18H16BrN3O3S/c1-10-2-3-13-14(6-20)17(26-15(13)4-10)22-16(23)9-25-18(24)11-5-12(19)8-21-7-11/h5,7-8,10H,2-4,9H2,1H3,(H,22,23). The molecule has 0 bridgehead atoms. The number of halogens is 1. The molecule has 1 N–H and O–H groups in total. The molecule has 1 atom stereocenters. The van der Waals surface area contributed by atoms with Gasteiger partial charge >= 0.3 is 5.97 Å². The van der Waals surface area contributed by atoms with E-state index < -0.39 is 18.5 Å². The molecule has 0 saturated carbocycles. The van der Waals surface area contributed by atoms with Crippen LogP contribution in [0.4, 0.5) is 5.00 Å². The first-order chi connectivity index (χ1) is 12.5. The van der Waals surface area contributed by atoms with Crippen LogP contribution < -0.4 is 5.32 Å². The second-order valence-corrected chi connectivity index (χ2v) is 8.20. The molecule has 0 aromatic carbocycles. The summed E-state index contributed by atoms with van der Waals surface area (Å²) in [6, 6.07) is 3.76. The molecule has 6 nitrogen and oxygen atoms in total. The maximum atomic E-state index is 12.1. The van der Waals surface area contributed by atoms with Gasteiger partial charge in [-0.2, -0.15) is 5.26 Å². The van der Waals surface area contributed by atoms with Crippen LogP contribution in [0.25, 0.3) is 0 Å². The Kier molecular flexibility index (Phi) is 5.69. The number of amides is 1. The summed E-state index contributed by atoms with van der Waals surface area (Å²) in [5.74, 6) is -0.519. The molecule has 0 fully saturated rings. The van der Waals surface area contributed by atoms with Crippen molar-refractivity contribution in [2.24, 2.45) is 5.92 Å². The number of aromatic nitrogens is 1. The van der Waals surface area contributed by atoms with Gasteiger partial charge in [-0.3, -0.25) is 9.78 Å². The van der Waals surface area contributed by atoms with Crippen molar-refractivity contribution in [3.63, 3.8) is 0 Å². The van der Waals surface area contributed by atoms with Gasteiger partial charge in [0.2, 0.25) is 0 Å². The highest BCUT2D eigenvalue weighted by Crippen LogP contribution is 2.39. The minimum absolute atomic E-state index is 0.255. The number of carbonyl (C=O) groups is 2. The Bertz CT molecular complexity index is 904. The van der Waals surface area contributed by atoms with Crippen molar-refractivity contribution >= 4 is 44.1 Å². The van der Waals surface area contributed by atoms with Gasteiger partial charge in [-0.05, 0) is 52.7 Å². The molecule has 2 aromatic heterocycles. The number of hydrogen-bond acceptors (Lipinski definition) is 6. The molecular formula is C18H16BrN3O3S. The Balaban J connectivity index is 1.64. The van der Waals surface area contributed by atoms with Gasteiger partial charge in [0, 0.05) is 21.7 Å². The average Bonchev–Trinajstić information content (AvgIpc) is 2.95. The first-order valence-corrected chi connectivity index (χ1v) is 9.71. The van der Waals surface area contributed by atoms with Crippen molar-refractivity contribution in [1.82, 2.24) is 4.98 Å². The topological polar surface area (TPSA) is 92.1 Å². The fraction of sp³-hybridized carbons (Fsp3) is 0.333. The van der Waals surface area contributed by atoms with Crippen LogP contribution in [0.2, 0.25) is 0 Å². The van der Waals surface area contributed by atoms with E-state index in [-0.39, 0.29) is 5.56 Å². The van der Waals surface area contributed by atoms with E-state index >= 15 is 0 Å². The number of carbonyl (C=O) groups excluding carboxylic acids is 2. The lowest BCUT2D eigenvalue weighted by Gasteiger charge is -2.17. The summed E-state index contributed by atoms with van der Waals surface area (Å²) in [7, 11) is 0. The highest BCUT2D eigenvalue weighted by Gasteiger charge is 2.24. The second kappa shape index (κ2) is 7.98. The van der Waals surface area contributed by atoms with Crippen LogP contribution in [0.15, 0.2) is 22.9 Å². The molecule has 0 aliphatic heterocycles. The third-order valence-corrected chi connectivity index (χ3v) is 5.75. The van der Waals surface area contributed by atoms with E-state index in [1.165, 1.54) is 17.5 Å². The molecule has 0 spiro atoms. The van der Waals surface area contributed by atoms with Crippen molar-refractivity contribution in [3.8, 4) is 6.07 Å². The quantitative estimate of drug-likeness (QED) is 0.741. The van der Waals surface area contributed by atoms with E-state index in [0.717, 1.165) is 29.7 Å². The summed E-state index contributed by atoms with van der Waals surface area (Å²) in [4.78, 5) is 29.1. The molecule has 26 heavy (non-hydrogen) atoms. The SMILES string of the molecule is CC1CCc2c(sc(NC(=O)COC(=O)c3cncc(Br)c3)c2C#N)C1. The largest absolute Gasteiger partial charge is 0.452 e. The van der Waals surface area contributed by atoms with Crippen molar-refractivity contribution in [2.75, 3.05) is 11.9 Å². The van der Waals surface area contributed by atoms with E-state index in [1.54, 1.807) is 12.3 Å².